The maximum Gasteiger partial charge on any atom is 0.239 e. The number of rotatable bonds is 6. The van der Waals surface area contributed by atoms with Crippen LogP contribution >= 0.6 is 0 Å². The second-order valence-electron chi connectivity index (χ2n) is 6.09. The Bertz CT molecular complexity index is 835. The largest absolute Gasteiger partial charge is 0.497 e. The first-order valence-electron chi connectivity index (χ1n) is 8.55. The summed E-state index contributed by atoms with van der Waals surface area (Å²) in [6, 6.07) is 12.2. The first kappa shape index (κ1) is 18.6. The van der Waals surface area contributed by atoms with Crippen LogP contribution in [-0.2, 0) is 9.59 Å². The van der Waals surface area contributed by atoms with Crippen LogP contribution < -0.4 is 24.4 Å². The van der Waals surface area contributed by atoms with E-state index >= 15 is 0 Å². The number of hydrogen-bond acceptors (Lipinski definition) is 5. The molecule has 2 aromatic carbocycles. The molecule has 1 aliphatic heterocycles. The van der Waals surface area contributed by atoms with E-state index in [0.717, 1.165) is 0 Å². The second-order valence-corrected chi connectivity index (χ2v) is 6.09. The Balaban J connectivity index is 1.71. The Morgan fingerprint density at radius 3 is 2.33 bits per heavy atom. The van der Waals surface area contributed by atoms with Gasteiger partial charge in [-0.05, 0) is 42.8 Å². The van der Waals surface area contributed by atoms with Crippen LogP contribution in [-0.4, -0.2) is 39.7 Å². The van der Waals surface area contributed by atoms with E-state index in [0.29, 0.717) is 41.6 Å². The van der Waals surface area contributed by atoms with Crippen molar-refractivity contribution >= 4 is 23.2 Å². The number of anilines is 2. The molecule has 1 saturated heterocycles. The summed E-state index contributed by atoms with van der Waals surface area (Å²) in [5.41, 5.74) is 1.30. The molecule has 1 aliphatic rings. The molecule has 0 spiro atoms. The third kappa shape index (κ3) is 3.81. The molecule has 0 aliphatic carbocycles. The van der Waals surface area contributed by atoms with Crippen LogP contribution in [0.25, 0.3) is 0 Å². The predicted molar refractivity (Wildman–Crippen MR) is 102 cm³/mol. The van der Waals surface area contributed by atoms with Gasteiger partial charge < -0.3 is 24.4 Å². The number of nitrogens with zero attached hydrogens (tertiary/aromatic N) is 1. The number of hydrogen-bond donors (Lipinski definition) is 1. The minimum atomic E-state index is -0.722. The topological polar surface area (TPSA) is 77.1 Å². The number of amides is 2. The molecule has 7 heteroatoms. The van der Waals surface area contributed by atoms with Crippen LogP contribution in [0, 0.1) is 5.92 Å². The van der Waals surface area contributed by atoms with Crippen LogP contribution in [0.2, 0.25) is 0 Å². The van der Waals surface area contributed by atoms with Crippen molar-refractivity contribution in [2.24, 2.45) is 5.92 Å². The molecule has 27 heavy (non-hydrogen) atoms. The summed E-state index contributed by atoms with van der Waals surface area (Å²) in [5, 5.41) is 2.79. The molecule has 1 atom stereocenters. The van der Waals surface area contributed by atoms with Crippen LogP contribution in [0.3, 0.4) is 0 Å². The zero-order chi connectivity index (χ0) is 19.4. The van der Waals surface area contributed by atoms with E-state index in [1.165, 1.54) is 0 Å². The molecule has 3 rings (SSSR count). The third-order valence-corrected chi connectivity index (χ3v) is 4.56. The van der Waals surface area contributed by atoms with Crippen LogP contribution in [0.1, 0.15) is 6.42 Å². The van der Waals surface area contributed by atoms with Gasteiger partial charge in [0.05, 0.1) is 21.3 Å². The maximum absolute atomic E-state index is 12.8. The quantitative estimate of drug-likeness (QED) is 0.791. The average molecular weight is 370 g/mol. The third-order valence-electron chi connectivity index (χ3n) is 4.56. The maximum atomic E-state index is 12.8. The molecule has 0 saturated carbocycles. The van der Waals surface area contributed by atoms with E-state index in [-0.39, 0.29) is 11.8 Å². The molecule has 1 fully saturated rings. The monoisotopic (exact) mass is 370 g/mol. The van der Waals surface area contributed by atoms with Crippen molar-refractivity contribution in [3.05, 3.63) is 42.5 Å². The Labute approximate surface area is 157 Å². The van der Waals surface area contributed by atoms with Gasteiger partial charge in [-0.2, -0.15) is 0 Å². The molecular weight excluding hydrogens is 348 g/mol. The molecule has 0 bridgehead atoms. The highest BCUT2D eigenvalue weighted by molar-refractivity contribution is 6.13. The minimum absolute atomic E-state index is 0.228. The SMILES string of the molecule is COc1ccc(NC(=O)C2CCN(c3ccc(OC)c(OC)c3)C2=O)cc1. The molecule has 142 valence electrons. The minimum Gasteiger partial charge on any atom is -0.497 e. The standard InChI is InChI=1S/C20H22N2O5/c1-25-15-7-4-13(5-8-15)21-19(23)16-10-11-22(20(16)24)14-6-9-17(26-2)18(12-14)27-3/h4-9,12,16H,10-11H2,1-3H3,(H,21,23). The van der Waals surface area contributed by atoms with E-state index in [2.05, 4.69) is 5.32 Å². The van der Waals surface area contributed by atoms with Crippen LogP contribution in [0.4, 0.5) is 11.4 Å². The fraction of sp³-hybridized carbons (Fsp3) is 0.300. The molecular formula is C20H22N2O5. The first-order valence-corrected chi connectivity index (χ1v) is 8.55. The van der Waals surface area contributed by atoms with Crippen molar-refractivity contribution in [1.82, 2.24) is 0 Å². The summed E-state index contributed by atoms with van der Waals surface area (Å²) >= 11 is 0. The lowest BCUT2D eigenvalue weighted by molar-refractivity contribution is -0.129. The summed E-state index contributed by atoms with van der Waals surface area (Å²) in [7, 11) is 4.67. The second kappa shape index (κ2) is 7.99. The predicted octanol–water partition coefficient (Wildman–Crippen LogP) is 2.70. The molecule has 7 nitrogen and oxygen atoms in total. The highest BCUT2D eigenvalue weighted by atomic mass is 16.5. The van der Waals surface area contributed by atoms with Crippen molar-refractivity contribution < 1.29 is 23.8 Å². The van der Waals surface area contributed by atoms with Crippen molar-refractivity contribution in [2.75, 3.05) is 38.1 Å². The highest BCUT2D eigenvalue weighted by Crippen LogP contribution is 2.34. The van der Waals surface area contributed by atoms with Crippen molar-refractivity contribution in [2.45, 2.75) is 6.42 Å². The summed E-state index contributed by atoms with van der Waals surface area (Å²) in [6.07, 6.45) is 0.454. The Morgan fingerprint density at radius 2 is 1.70 bits per heavy atom. The summed E-state index contributed by atoms with van der Waals surface area (Å²) in [6.45, 7) is 0.467. The Hall–Kier alpha value is -3.22. The molecule has 0 aromatic heterocycles. The van der Waals surface area contributed by atoms with Gasteiger partial charge in [0, 0.05) is 24.0 Å². The van der Waals surface area contributed by atoms with Crippen molar-refractivity contribution in [1.29, 1.82) is 0 Å². The van der Waals surface area contributed by atoms with E-state index in [4.69, 9.17) is 14.2 Å². The van der Waals surface area contributed by atoms with Gasteiger partial charge in [-0.25, -0.2) is 0 Å². The number of ether oxygens (including phenoxy) is 3. The van der Waals surface area contributed by atoms with Gasteiger partial charge in [-0.1, -0.05) is 0 Å². The van der Waals surface area contributed by atoms with Crippen molar-refractivity contribution in [3.8, 4) is 17.2 Å². The van der Waals surface area contributed by atoms with E-state index in [1.54, 1.807) is 68.7 Å². The lowest BCUT2D eigenvalue weighted by atomic mass is 10.1. The zero-order valence-electron chi connectivity index (χ0n) is 15.5. The Kier molecular flexibility index (Phi) is 5.49. The summed E-state index contributed by atoms with van der Waals surface area (Å²) in [5.74, 6) is 0.557. The number of nitrogens with one attached hydrogen (secondary N) is 1. The summed E-state index contributed by atoms with van der Waals surface area (Å²) < 4.78 is 15.6. The highest BCUT2D eigenvalue weighted by Gasteiger charge is 2.37. The van der Waals surface area contributed by atoms with Gasteiger partial charge in [0.25, 0.3) is 0 Å². The van der Waals surface area contributed by atoms with Gasteiger partial charge >= 0.3 is 0 Å². The van der Waals surface area contributed by atoms with Crippen molar-refractivity contribution in [3.63, 3.8) is 0 Å². The van der Waals surface area contributed by atoms with Crippen LogP contribution in [0.5, 0.6) is 17.2 Å². The molecule has 1 N–H and O–H groups in total. The lowest BCUT2D eigenvalue weighted by Crippen LogP contribution is -2.33. The molecule has 2 aromatic rings. The normalized spacial score (nSPS) is 16.2. The molecule has 1 heterocycles. The van der Waals surface area contributed by atoms with Crippen LogP contribution in [0.15, 0.2) is 42.5 Å². The molecule has 2 amide bonds. The fourth-order valence-corrected chi connectivity index (χ4v) is 3.08. The van der Waals surface area contributed by atoms with Gasteiger partial charge in [0.15, 0.2) is 11.5 Å². The van der Waals surface area contributed by atoms with E-state index < -0.39 is 5.92 Å². The van der Waals surface area contributed by atoms with Gasteiger partial charge in [0.1, 0.15) is 11.7 Å². The van der Waals surface area contributed by atoms with Gasteiger partial charge in [-0.3, -0.25) is 9.59 Å². The average Bonchev–Trinajstić information content (AvgIpc) is 3.09. The molecule has 1 unspecified atom stereocenters. The first-order chi connectivity index (χ1) is 13.1. The Morgan fingerprint density at radius 1 is 1.00 bits per heavy atom. The van der Waals surface area contributed by atoms with E-state index in [1.807, 2.05) is 0 Å². The number of carbonyl (C=O) groups is 2. The summed E-state index contributed by atoms with van der Waals surface area (Å²) in [4.78, 5) is 26.9. The number of carbonyl (C=O) groups excluding carboxylic acids is 2. The van der Waals surface area contributed by atoms with E-state index in [9.17, 15) is 9.59 Å². The number of benzene rings is 2. The lowest BCUT2D eigenvalue weighted by Gasteiger charge is -2.18. The molecule has 0 radical (unpaired) electrons. The zero-order valence-corrected chi connectivity index (χ0v) is 15.5. The fourth-order valence-electron chi connectivity index (χ4n) is 3.08. The smallest absolute Gasteiger partial charge is 0.239 e. The van der Waals surface area contributed by atoms with Gasteiger partial charge in [0.2, 0.25) is 11.8 Å². The number of methoxy groups -OCH3 is 3. The van der Waals surface area contributed by atoms with Gasteiger partial charge in [-0.15, -0.1) is 0 Å².